The van der Waals surface area contributed by atoms with Gasteiger partial charge in [0.25, 0.3) is 0 Å². The minimum absolute atomic E-state index is 0.276. The quantitative estimate of drug-likeness (QED) is 0.810. The van der Waals surface area contributed by atoms with Crippen LogP contribution in [0, 0.1) is 0 Å². The molecule has 0 saturated carbocycles. The first-order chi connectivity index (χ1) is 9.19. The van der Waals surface area contributed by atoms with Gasteiger partial charge in [-0.2, -0.15) is 0 Å². The number of nitrogens with zero attached hydrogens (tertiary/aromatic N) is 2. The van der Waals surface area contributed by atoms with E-state index in [1.807, 2.05) is 12.1 Å². The predicted octanol–water partition coefficient (Wildman–Crippen LogP) is 1.80. The second kappa shape index (κ2) is 6.57. The van der Waals surface area contributed by atoms with Crippen molar-refractivity contribution in [2.75, 3.05) is 44.7 Å². The number of benzene rings is 1. The largest absolute Gasteiger partial charge is 0.497 e. The first-order valence-corrected chi connectivity index (χ1v) is 6.80. The average Bonchev–Trinajstić information content (AvgIpc) is 2.46. The molecule has 0 aromatic heterocycles. The molecule has 19 heavy (non-hydrogen) atoms. The Kier molecular flexibility index (Phi) is 4.80. The Hall–Kier alpha value is -1.55. The van der Waals surface area contributed by atoms with Crippen LogP contribution in [0.4, 0.5) is 5.69 Å². The summed E-state index contributed by atoms with van der Waals surface area (Å²) in [4.78, 5) is 15.7. The number of ketones is 1. The summed E-state index contributed by atoms with van der Waals surface area (Å²) >= 11 is 0. The molecule has 0 unspecified atom stereocenters. The van der Waals surface area contributed by atoms with E-state index in [-0.39, 0.29) is 5.78 Å². The van der Waals surface area contributed by atoms with Crippen LogP contribution in [-0.2, 0) is 4.79 Å². The number of carbonyl (C=O) groups is 1. The van der Waals surface area contributed by atoms with Gasteiger partial charge in [-0.3, -0.25) is 9.69 Å². The summed E-state index contributed by atoms with van der Waals surface area (Å²) < 4.78 is 5.17. The topological polar surface area (TPSA) is 32.8 Å². The minimum atomic E-state index is 0.276. The summed E-state index contributed by atoms with van der Waals surface area (Å²) in [5.74, 6) is 1.17. The highest BCUT2D eigenvalue weighted by atomic mass is 16.5. The molecule has 0 bridgehead atoms. The monoisotopic (exact) mass is 262 g/mol. The number of methoxy groups -OCH3 is 1. The van der Waals surface area contributed by atoms with Gasteiger partial charge in [0.2, 0.25) is 0 Å². The van der Waals surface area contributed by atoms with E-state index >= 15 is 0 Å². The molecule has 0 spiro atoms. The summed E-state index contributed by atoms with van der Waals surface area (Å²) in [6.07, 6.45) is 0.669. The molecule has 0 aliphatic carbocycles. The maximum Gasteiger partial charge on any atom is 0.131 e. The smallest absolute Gasteiger partial charge is 0.131 e. The lowest BCUT2D eigenvalue weighted by Gasteiger charge is -2.36. The van der Waals surface area contributed by atoms with E-state index in [1.54, 1.807) is 14.0 Å². The van der Waals surface area contributed by atoms with Crippen LogP contribution in [0.2, 0.25) is 0 Å². The van der Waals surface area contributed by atoms with E-state index in [0.717, 1.165) is 38.5 Å². The molecule has 1 aromatic rings. The maximum absolute atomic E-state index is 11.0. The first kappa shape index (κ1) is 13.9. The molecule has 0 atom stereocenters. The normalized spacial score (nSPS) is 16.4. The van der Waals surface area contributed by atoms with Crippen LogP contribution in [0.15, 0.2) is 24.3 Å². The second-order valence-electron chi connectivity index (χ2n) is 4.98. The number of rotatable bonds is 5. The zero-order valence-corrected chi connectivity index (χ0v) is 11.8. The summed E-state index contributed by atoms with van der Waals surface area (Å²) in [5.41, 5.74) is 1.24. The summed E-state index contributed by atoms with van der Waals surface area (Å²) in [5, 5.41) is 0. The Morgan fingerprint density at radius 1 is 1.16 bits per heavy atom. The number of anilines is 1. The molecule has 1 fully saturated rings. The predicted molar refractivity (Wildman–Crippen MR) is 76.9 cm³/mol. The van der Waals surface area contributed by atoms with Crippen LogP contribution >= 0.6 is 0 Å². The highest BCUT2D eigenvalue weighted by molar-refractivity contribution is 5.75. The number of hydrogen-bond acceptors (Lipinski definition) is 4. The molecule has 4 heteroatoms. The number of carbonyl (C=O) groups excluding carboxylic acids is 1. The SMILES string of the molecule is COc1ccc(N2CCN(CCC(C)=O)CC2)cc1. The van der Waals surface area contributed by atoms with Gasteiger partial charge >= 0.3 is 0 Å². The van der Waals surface area contributed by atoms with Gasteiger partial charge in [0.1, 0.15) is 11.5 Å². The molecule has 0 amide bonds. The van der Waals surface area contributed by atoms with Gasteiger partial charge in [0.05, 0.1) is 7.11 Å². The number of piperazine rings is 1. The molecular weight excluding hydrogens is 240 g/mol. The molecule has 0 radical (unpaired) electrons. The van der Waals surface area contributed by atoms with Gasteiger partial charge in [0, 0.05) is 44.8 Å². The van der Waals surface area contributed by atoms with Crippen molar-refractivity contribution in [3.8, 4) is 5.75 Å². The van der Waals surface area contributed by atoms with E-state index in [9.17, 15) is 4.79 Å². The Morgan fingerprint density at radius 3 is 2.32 bits per heavy atom. The lowest BCUT2D eigenvalue weighted by molar-refractivity contribution is -0.117. The van der Waals surface area contributed by atoms with Crippen LogP contribution < -0.4 is 9.64 Å². The Morgan fingerprint density at radius 2 is 1.79 bits per heavy atom. The molecule has 1 aliphatic heterocycles. The van der Waals surface area contributed by atoms with Crippen molar-refractivity contribution in [1.82, 2.24) is 4.90 Å². The summed E-state index contributed by atoms with van der Waals surface area (Å²) in [7, 11) is 1.68. The van der Waals surface area contributed by atoms with Crippen molar-refractivity contribution in [2.24, 2.45) is 0 Å². The molecule has 4 nitrogen and oxygen atoms in total. The van der Waals surface area contributed by atoms with Crippen LogP contribution in [0.5, 0.6) is 5.75 Å². The van der Waals surface area contributed by atoms with Gasteiger partial charge in [0.15, 0.2) is 0 Å². The third-order valence-corrected chi connectivity index (χ3v) is 3.59. The maximum atomic E-state index is 11.0. The summed E-state index contributed by atoms with van der Waals surface area (Å²) in [6.45, 7) is 6.65. The standard InChI is InChI=1S/C15H22N2O2/c1-13(18)7-8-16-9-11-17(12-10-16)14-3-5-15(19-2)6-4-14/h3-6H,7-12H2,1-2H3. The van der Waals surface area contributed by atoms with Crippen LogP contribution in [0.25, 0.3) is 0 Å². The average molecular weight is 262 g/mol. The fraction of sp³-hybridized carbons (Fsp3) is 0.533. The Balaban J connectivity index is 1.83. The van der Waals surface area contributed by atoms with Gasteiger partial charge in [-0.25, -0.2) is 0 Å². The van der Waals surface area contributed by atoms with Gasteiger partial charge < -0.3 is 9.64 Å². The lowest BCUT2D eigenvalue weighted by atomic mass is 10.2. The third kappa shape index (κ3) is 3.96. The lowest BCUT2D eigenvalue weighted by Crippen LogP contribution is -2.46. The first-order valence-electron chi connectivity index (χ1n) is 6.80. The second-order valence-corrected chi connectivity index (χ2v) is 4.98. The van der Waals surface area contributed by atoms with Crippen molar-refractivity contribution in [2.45, 2.75) is 13.3 Å². The Labute approximate surface area is 115 Å². The van der Waals surface area contributed by atoms with E-state index in [4.69, 9.17) is 4.74 Å². The molecule has 104 valence electrons. The van der Waals surface area contributed by atoms with Crippen LogP contribution in [-0.4, -0.2) is 50.5 Å². The van der Waals surface area contributed by atoms with E-state index in [1.165, 1.54) is 5.69 Å². The van der Waals surface area contributed by atoms with Crippen molar-refractivity contribution in [1.29, 1.82) is 0 Å². The summed E-state index contributed by atoms with van der Waals surface area (Å²) in [6, 6.07) is 8.20. The molecule has 1 saturated heterocycles. The molecule has 1 aliphatic rings. The highest BCUT2D eigenvalue weighted by Gasteiger charge is 2.17. The van der Waals surface area contributed by atoms with Gasteiger partial charge in [-0.1, -0.05) is 0 Å². The number of Topliss-reactive ketones (excluding diaryl/α,β-unsaturated/α-hetero) is 1. The van der Waals surface area contributed by atoms with Crippen molar-refractivity contribution >= 4 is 11.5 Å². The molecule has 0 N–H and O–H groups in total. The molecule has 1 aromatic carbocycles. The minimum Gasteiger partial charge on any atom is -0.497 e. The van der Waals surface area contributed by atoms with Crippen molar-refractivity contribution < 1.29 is 9.53 Å². The van der Waals surface area contributed by atoms with E-state index < -0.39 is 0 Å². The van der Waals surface area contributed by atoms with Crippen LogP contribution in [0.3, 0.4) is 0 Å². The Bertz CT molecular complexity index is 409. The molecule has 1 heterocycles. The highest BCUT2D eigenvalue weighted by Crippen LogP contribution is 2.20. The van der Waals surface area contributed by atoms with E-state index in [0.29, 0.717) is 6.42 Å². The zero-order valence-electron chi connectivity index (χ0n) is 11.8. The fourth-order valence-corrected chi connectivity index (χ4v) is 2.34. The molecule has 2 rings (SSSR count). The van der Waals surface area contributed by atoms with Gasteiger partial charge in [-0.15, -0.1) is 0 Å². The molecular formula is C15H22N2O2. The van der Waals surface area contributed by atoms with Gasteiger partial charge in [-0.05, 0) is 31.2 Å². The van der Waals surface area contributed by atoms with Crippen molar-refractivity contribution in [3.63, 3.8) is 0 Å². The van der Waals surface area contributed by atoms with Crippen molar-refractivity contribution in [3.05, 3.63) is 24.3 Å². The zero-order chi connectivity index (χ0) is 13.7. The number of ether oxygens (including phenoxy) is 1. The third-order valence-electron chi connectivity index (χ3n) is 3.59. The van der Waals surface area contributed by atoms with Crippen LogP contribution in [0.1, 0.15) is 13.3 Å². The van der Waals surface area contributed by atoms with E-state index in [2.05, 4.69) is 21.9 Å². The fourth-order valence-electron chi connectivity index (χ4n) is 2.34. The number of hydrogen-bond donors (Lipinski definition) is 0.